The van der Waals surface area contributed by atoms with E-state index in [1.807, 2.05) is 60.7 Å². The fourth-order valence-corrected chi connectivity index (χ4v) is 3.61. The number of benzene rings is 2. The van der Waals surface area contributed by atoms with Crippen molar-refractivity contribution >= 4 is 23.7 Å². The van der Waals surface area contributed by atoms with Gasteiger partial charge in [-0.15, -0.1) is 0 Å². The molecule has 2 heterocycles. The molecule has 0 unspecified atom stereocenters. The number of piperidine rings is 2. The van der Waals surface area contributed by atoms with Crippen LogP contribution in [0.3, 0.4) is 0 Å². The lowest BCUT2D eigenvalue weighted by molar-refractivity contribution is -0.121. The Balaban J connectivity index is 0.000000196. The summed E-state index contributed by atoms with van der Waals surface area (Å²) in [5.41, 5.74) is 2.68. The molecule has 2 aromatic rings. The molecule has 9 nitrogen and oxygen atoms in total. The number of hydrogen-bond acceptors (Lipinski definition) is 7. The Kier molecular flexibility index (Phi) is 10.1. The van der Waals surface area contributed by atoms with Crippen LogP contribution in [0.15, 0.2) is 65.8 Å². The predicted octanol–water partition coefficient (Wildman–Crippen LogP) is 4.24. The van der Waals surface area contributed by atoms with Crippen molar-refractivity contribution in [1.29, 1.82) is 0 Å². The first-order chi connectivity index (χ1) is 17.0. The summed E-state index contributed by atoms with van der Waals surface area (Å²) in [4.78, 5) is 37.7. The lowest BCUT2D eigenvalue weighted by Crippen LogP contribution is -2.38. The summed E-state index contributed by atoms with van der Waals surface area (Å²) in [6, 6.07) is 19.1. The van der Waals surface area contributed by atoms with Crippen molar-refractivity contribution in [3.05, 3.63) is 71.8 Å². The van der Waals surface area contributed by atoms with Crippen LogP contribution < -0.4 is 0 Å². The number of Topliss-reactive ketones (excluding diaryl/α,β-unsaturated/α-hetero) is 1. The Bertz CT molecular complexity index is 977. The van der Waals surface area contributed by atoms with E-state index in [-0.39, 0.29) is 31.2 Å². The molecule has 186 valence electrons. The summed E-state index contributed by atoms with van der Waals surface area (Å²) in [5, 5.41) is 11.8. The molecule has 2 aliphatic heterocycles. The number of likely N-dealkylation sites (tertiary alicyclic amines) is 2. The third kappa shape index (κ3) is 8.77. The smallest absolute Gasteiger partial charge is 0.410 e. The van der Waals surface area contributed by atoms with Crippen LogP contribution in [0.5, 0.6) is 0 Å². The van der Waals surface area contributed by atoms with Crippen molar-refractivity contribution in [3.8, 4) is 0 Å². The second-order valence-electron chi connectivity index (χ2n) is 8.26. The summed E-state index contributed by atoms with van der Waals surface area (Å²) in [6.07, 6.45) is 1.46. The summed E-state index contributed by atoms with van der Waals surface area (Å²) in [6.45, 7) is 2.63. The number of carbonyl (C=O) groups excluding carboxylic acids is 3. The van der Waals surface area contributed by atoms with Crippen LogP contribution in [0, 0.1) is 0 Å². The highest BCUT2D eigenvalue weighted by Gasteiger charge is 2.22. The van der Waals surface area contributed by atoms with Crippen molar-refractivity contribution in [2.75, 3.05) is 26.2 Å². The van der Waals surface area contributed by atoms with Gasteiger partial charge in [-0.3, -0.25) is 4.79 Å². The van der Waals surface area contributed by atoms with Crippen LogP contribution in [0.1, 0.15) is 36.8 Å². The van der Waals surface area contributed by atoms with Gasteiger partial charge in [0, 0.05) is 51.9 Å². The van der Waals surface area contributed by atoms with Gasteiger partial charge in [-0.25, -0.2) is 9.59 Å². The molecule has 2 aromatic carbocycles. The van der Waals surface area contributed by atoms with Crippen LogP contribution in [0.25, 0.3) is 0 Å². The highest BCUT2D eigenvalue weighted by Crippen LogP contribution is 2.11. The number of nitrogens with zero attached hydrogens (tertiary/aromatic N) is 3. The third-order valence-electron chi connectivity index (χ3n) is 5.73. The first kappa shape index (κ1) is 25.7. The van der Waals surface area contributed by atoms with E-state index in [2.05, 4.69) is 5.16 Å². The molecule has 2 fully saturated rings. The summed E-state index contributed by atoms with van der Waals surface area (Å²) < 4.78 is 10.4. The average molecular weight is 482 g/mol. The minimum Gasteiger partial charge on any atom is -0.445 e. The van der Waals surface area contributed by atoms with Crippen LogP contribution in [0.4, 0.5) is 9.59 Å². The molecule has 0 radical (unpaired) electrons. The predicted molar refractivity (Wildman–Crippen MR) is 129 cm³/mol. The van der Waals surface area contributed by atoms with Gasteiger partial charge in [0.15, 0.2) is 0 Å². The van der Waals surface area contributed by atoms with Crippen LogP contribution in [0.2, 0.25) is 0 Å². The van der Waals surface area contributed by atoms with E-state index >= 15 is 0 Å². The Morgan fingerprint density at radius 3 is 1.51 bits per heavy atom. The number of oxime groups is 1. The van der Waals surface area contributed by atoms with Crippen LogP contribution >= 0.6 is 0 Å². The zero-order valence-electron chi connectivity index (χ0n) is 19.7. The van der Waals surface area contributed by atoms with Gasteiger partial charge in [-0.1, -0.05) is 65.8 Å². The zero-order valence-corrected chi connectivity index (χ0v) is 19.7. The Hall–Kier alpha value is -3.88. The Labute approximate surface area is 204 Å². The Morgan fingerprint density at radius 1 is 0.714 bits per heavy atom. The molecule has 0 atom stereocenters. The van der Waals surface area contributed by atoms with Gasteiger partial charge in [-0.2, -0.15) is 0 Å². The molecule has 1 N–H and O–H groups in total. The summed E-state index contributed by atoms with van der Waals surface area (Å²) >= 11 is 0. The van der Waals surface area contributed by atoms with E-state index in [4.69, 9.17) is 14.7 Å². The largest absolute Gasteiger partial charge is 0.445 e. The van der Waals surface area contributed by atoms with E-state index in [0.29, 0.717) is 51.9 Å². The lowest BCUT2D eigenvalue weighted by atomic mass is 10.1. The number of rotatable bonds is 4. The average Bonchev–Trinajstić information content (AvgIpc) is 2.92. The Morgan fingerprint density at radius 2 is 1.11 bits per heavy atom. The quantitative estimate of drug-likeness (QED) is 0.517. The maximum Gasteiger partial charge on any atom is 0.410 e. The van der Waals surface area contributed by atoms with E-state index in [1.54, 1.807) is 9.80 Å². The minimum absolute atomic E-state index is 0.220. The van der Waals surface area contributed by atoms with E-state index < -0.39 is 0 Å². The number of carbonyl (C=O) groups is 3. The molecule has 35 heavy (non-hydrogen) atoms. The second kappa shape index (κ2) is 13.7. The topological polar surface area (TPSA) is 109 Å². The molecule has 0 aliphatic carbocycles. The van der Waals surface area contributed by atoms with Crippen LogP contribution in [-0.2, 0) is 27.5 Å². The lowest BCUT2D eigenvalue weighted by Gasteiger charge is -2.26. The molecule has 0 aromatic heterocycles. The third-order valence-corrected chi connectivity index (χ3v) is 5.73. The van der Waals surface area contributed by atoms with Crippen LogP contribution in [-0.4, -0.2) is 64.9 Å². The molecule has 2 amide bonds. The first-order valence-corrected chi connectivity index (χ1v) is 11.7. The van der Waals surface area contributed by atoms with E-state index in [9.17, 15) is 14.4 Å². The molecule has 0 spiro atoms. The van der Waals surface area contributed by atoms with Gasteiger partial charge in [0.2, 0.25) is 0 Å². The highest BCUT2D eigenvalue weighted by molar-refractivity contribution is 5.86. The fourth-order valence-electron chi connectivity index (χ4n) is 3.61. The monoisotopic (exact) mass is 481 g/mol. The number of ether oxygens (including phenoxy) is 2. The molecule has 0 bridgehead atoms. The molecule has 2 saturated heterocycles. The number of ketones is 1. The summed E-state index contributed by atoms with van der Waals surface area (Å²) in [5.74, 6) is 0.220. The molecular formula is C26H31N3O6. The molecule has 2 aliphatic rings. The van der Waals surface area contributed by atoms with Crippen molar-refractivity contribution in [2.45, 2.75) is 38.9 Å². The van der Waals surface area contributed by atoms with Gasteiger partial charge in [0.25, 0.3) is 0 Å². The van der Waals surface area contributed by atoms with Crippen molar-refractivity contribution in [3.63, 3.8) is 0 Å². The maximum atomic E-state index is 11.8. The zero-order chi connectivity index (χ0) is 24.9. The molecule has 0 saturated carbocycles. The van der Waals surface area contributed by atoms with Crippen molar-refractivity contribution in [1.82, 2.24) is 9.80 Å². The van der Waals surface area contributed by atoms with Gasteiger partial charge in [0.05, 0.1) is 5.71 Å². The van der Waals surface area contributed by atoms with E-state index in [0.717, 1.165) is 16.8 Å². The molecule has 4 rings (SSSR count). The van der Waals surface area contributed by atoms with Gasteiger partial charge < -0.3 is 24.5 Å². The molecular weight excluding hydrogens is 450 g/mol. The highest BCUT2D eigenvalue weighted by atomic mass is 16.6. The fraction of sp³-hybridized carbons (Fsp3) is 0.385. The number of amides is 2. The SMILES string of the molecule is O=C(OCc1ccccc1)N1CCC(=NO)CC1.O=C1CCN(C(=O)OCc2ccccc2)CC1. The van der Waals surface area contributed by atoms with Crippen molar-refractivity contribution < 1.29 is 29.1 Å². The van der Waals surface area contributed by atoms with Gasteiger partial charge in [0.1, 0.15) is 19.0 Å². The standard InChI is InChI=1S/C13H16N2O3.C13H15NO3/c16-13(15-8-6-12(14-17)7-9-15)18-10-11-4-2-1-3-5-11;15-12-6-8-14(9-7-12)13(16)17-10-11-4-2-1-3-5-11/h1-5,17H,6-10H2;1-5H,6-10H2. The van der Waals surface area contributed by atoms with E-state index in [1.165, 1.54) is 0 Å². The summed E-state index contributed by atoms with van der Waals surface area (Å²) in [7, 11) is 0. The first-order valence-electron chi connectivity index (χ1n) is 11.7. The normalized spacial score (nSPS) is 15.5. The second-order valence-corrected chi connectivity index (χ2v) is 8.26. The molecule has 9 heteroatoms. The van der Waals surface area contributed by atoms with Gasteiger partial charge in [-0.05, 0) is 11.1 Å². The van der Waals surface area contributed by atoms with Gasteiger partial charge >= 0.3 is 12.2 Å². The number of hydrogen-bond donors (Lipinski definition) is 1. The van der Waals surface area contributed by atoms with Crippen molar-refractivity contribution in [2.24, 2.45) is 5.16 Å². The maximum absolute atomic E-state index is 11.8. The minimum atomic E-state index is -0.332.